The maximum absolute atomic E-state index is 12.8. The first-order chi connectivity index (χ1) is 9.98. The van der Waals surface area contributed by atoms with E-state index in [1.54, 1.807) is 6.07 Å². The van der Waals surface area contributed by atoms with Crippen molar-refractivity contribution in [2.24, 2.45) is 5.92 Å². The number of rotatable bonds is 8. The summed E-state index contributed by atoms with van der Waals surface area (Å²) in [7, 11) is -3.48. The van der Waals surface area contributed by atoms with Gasteiger partial charge in [-0.3, -0.25) is 0 Å². The average molecular weight is 326 g/mol. The molecule has 1 aliphatic rings. The molecule has 2 rings (SSSR count). The van der Waals surface area contributed by atoms with Gasteiger partial charge in [0.1, 0.15) is 0 Å². The van der Waals surface area contributed by atoms with E-state index in [0.717, 1.165) is 29.1 Å². The van der Waals surface area contributed by atoms with Gasteiger partial charge in [-0.15, -0.1) is 17.8 Å². The summed E-state index contributed by atoms with van der Waals surface area (Å²) in [5.74, 6) is 2.96. The Bertz CT molecular complexity index is 625. The number of hydrogen-bond donors (Lipinski definition) is 1. The molecular formula is C15H22N2O2S2. The fourth-order valence-electron chi connectivity index (χ4n) is 2.19. The number of nitrogens with zero attached hydrogens (tertiary/aromatic N) is 1. The third-order valence-electron chi connectivity index (χ3n) is 3.52. The van der Waals surface area contributed by atoms with Gasteiger partial charge in [-0.25, -0.2) is 8.42 Å². The van der Waals surface area contributed by atoms with Crippen LogP contribution in [0.1, 0.15) is 29.5 Å². The van der Waals surface area contributed by atoms with Crippen molar-refractivity contribution in [1.82, 2.24) is 9.62 Å². The lowest BCUT2D eigenvalue weighted by Crippen LogP contribution is -2.33. The van der Waals surface area contributed by atoms with Crippen molar-refractivity contribution in [1.29, 1.82) is 0 Å². The zero-order chi connectivity index (χ0) is 15.5. The Hall–Kier alpha value is -0.870. The van der Waals surface area contributed by atoms with Gasteiger partial charge in [0.05, 0.1) is 11.4 Å². The molecule has 0 spiro atoms. The normalized spacial score (nSPS) is 15.3. The lowest BCUT2D eigenvalue weighted by Gasteiger charge is -2.19. The zero-order valence-electron chi connectivity index (χ0n) is 12.6. The molecule has 116 valence electrons. The maximum Gasteiger partial charge on any atom is 0.245 e. The van der Waals surface area contributed by atoms with E-state index < -0.39 is 10.0 Å². The molecule has 1 N–H and O–H groups in total. The minimum atomic E-state index is -3.48. The third-order valence-corrected chi connectivity index (χ3v) is 6.63. The van der Waals surface area contributed by atoms with Crippen molar-refractivity contribution in [3.63, 3.8) is 0 Å². The monoisotopic (exact) mass is 326 g/mol. The van der Waals surface area contributed by atoms with Gasteiger partial charge in [0.25, 0.3) is 0 Å². The lowest BCUT2D eigenvalue weighted by molar-refractivity contribution is 0.430. The summed E-state index contributed by atoms with van der Waals surface area (Å²) in [4.78, 5) is 2.29. The highest BCUT2D eigenvalue weighted by molar-refractivity contribution is 7.89. The Balaban J connectivity index is 2.23. The molecular weight excluding hydrogens is 304 g/mol. The first-order valence-electron chi connectivity index (χ1n) is 7.22. The molecule has 1 aromatic rings. The van der Waals surface area contributed by atoms with Crippen LogP contribution in [0.25, 0.3) is 0 Å². The van der Waals surface area contributed by atoms with E-state index in [9.17, 15) is 8.42 Å². The third kappa shape index (κ3) is 4.07. The molecule has 0 aliphatic heterocycles. The first kappa shape index (κ1) is 16.5. The Labute approximate surface area is 131 Å². The van der Waals surface area contributed by atoms with Crippen LogP contribution in [0, 0.1) is 25.2 Å². The van der Waals surface area contributed by atoms with E-state index in [1.807, 2.05) is 13.8 Å². The predicted molar refractivity (Wildman–Crippen MR) is 86.8 cm³/mol. The van der Waals surface area contributed by atoms with Crippen molar-refractivity contribution in [2.75, 3.05) is 19.6 Å². The number of hydrogen-bond acceptors (Lipinski definition) is 4. The summed E-state index contributed by atoms with van der Waals surface area (Å²) in [6, 6.07) is 1.79. The van der Waals surface area contributed by atoms with Gasteiger partial charge in [0.15, 0.2) is 0 Å². The van der Waals surface area contributed by atoms with E-state index in [4.69, 9.17) is 6.42 Å². The van der Waals surface area contributed by atoms with Gasteiger partial charge in [0, 0.05) is 22.8 Å². The average Bonchev–Trinajstić information content (AvgIpc) is 3.17. The van der Waals surface area contributed by atoms with Crippen LogP contribution in [-0.4, -0.2) is 32.4 Å². The van der Waals surface area contributed by atoms with Gasteiger partial charge in [-0.05, 0) is 38.3 Å². The molecule has 0 saturated heterocycles. The minimum absolute atomic E-state index is 0.149. The van der Waals surface area contributed by atoms with Crippen LogP contribution in [0.2, 0.25) is 0 Å². The minimum Gasteiger partial charge on any atom is -0.312 e. The Morgan fingerprint density at radius 1 is 1.52 bits per heavy atom. The van der Waals surface area contributed by atoms with Gasteiger partial charge in [-0.2, -0.15) is 4.31 Å². The fraction of sp³-hybridized carbons (Fsp3) is 0.600. The van der Waals surface area contributed by atoms with Crippen LogP contribution < -0.4 is 5.32 Å². The molecule has 0 atom stereocenters. The van der Waals surface area contributed by atoms with E-state index in [-0.39, 0.29) is 6.54 Å². The lowest BCUT2D eigenvalue weighted by atomic mass is 10.4. The summed E-state index contributed by atoms with van der Waals surface area (Å²) in [5, 5.41) is 3.22. The molecule has 1 fully saturated rings. The highest BCUT2D eigenvalue weighted by Crippen LogP contribution is 2.33. The summed E-state index contributed by atoms with van der Waals surface area (Å²) in [6.07, 6.45) is 7.55. The first-order valence-corrected chi connectivity index (χ1v) is 9.48. The van der Waals surface area contributed by atoms with Crippen molar-refractivity contribution < 1.29 is 8.42 Å². The largest absolute Gasteiger partial charge is 0.312 e. The Morgan fingerprint density at radius 2 is 2.24 bits per heavy atom. The zero-order valence-corrected chi connectivity index (χ0v) is 14.2. The molecule has 0 bridgehead atoms. The van der Waals surface area contributed by atoms with Crippen molar-refractivity contribution in [3.8, 4) is 12.3 Å². The summed E-state index contributed by atoms with van der Waals surface area (Å²) >= 11 is 1.53. The Morgan fingerprint density at radius 3 is 2.81 bits per heavy atom. The van der Waals surface area contributed by atoms with Crippen LogP contribution in [0.5, 0.6) is 0 Å². The molecule has 6 heteroatoms. The van der Waals surface area contributed by atoms with Crippen molar-refractivity contribution >= 4 is 21.4 Å². The standard InChI is InChI=1S/C15H22N2O2S2/c1-4-8-17(11-13-6-7-13)21(18,19)15-9-14(10-16-5-2)20-12(15)3/h1,9,13,16H,5-8,10-11H2,2-3H3. The molecule has 0 aromatic carbocycles. The molecule has 0 unspecified atom stereocenters. The van der Waals surface area contributed by atoms with E-state index in [1.165, 1.54) is 15.6 Å². The summed E-state index contributed by atoms with van der Waals surface area (Å²) in [5.41, 5.74) is 0. The molecule has 0 amide bonds. The highest BCUT2D eigenvalue weighted by atomic mass is 32.2. The van der Waals surface area contributed by atoms with E-state index in [2.05, 4.69) is 11.2 Å². The predicted octanol–water partition coefficient (Wildman–Crippen LogP) is 2.20. The summed E-state index contributed by atoms with van der Waals surface area (Å²) < 4.78 is 27.1. The second-order valence-corrected chi connectivity index (χ2v) is 8.61. The SMILES string of the molecule is C#CCN(CC1CC1)S(=O)(=O)c1cc(CNCC)sc1C. The second-order valence-electron chi connectivity index (χ2n) is 5.36. The Kier molecular flexibility index (Phi) is 5.44. The smallest absolute Gasteiger partial charge is 0.245 e. The van der Waals surface area contributed by atoms with Crippen LogP contribution in [0.4, 0.5) is 0 Å². The summed E-state index contributed by atoms with van der Waals surface area (Å²) in [6.45, 7) is 6.15. The molecule has 4 nitrogen and oxygen atoms in total. The molecule has 1 heterocycles. The fourth-order valence-corrected chi connectivity index (χ4v) is 5.20. The van der Waals surface area contributed by atoms with Crippen molar-refractivity contribution in [2.45, 2.75) is 38.1 Å². The molecule has 1 saturated carbocycles. The van der Waals surface area contributed by atoms with Crippen LogP contribution in [0.3, 0.4) is 0 Å². The van der Waals surface area contributed by atoms with Crippen LogP contribution >= 0.6 is 11.3 Å². The van der Waals surface area contributed by atoms with Crippen LogP contribution in [-0.2, 0) is 16.6 Å². The highest BCUT2D eigenvalue weighted by Gasteiger charge is 2.32. The molecule has 1 aliphatic carbocycles. The van der Waals surface area contributed by atoms with E-state index >= 15 is 0 Å². The number of terminal acetylenes is 1. The van der Waals surface area contributed by atoms with Crippen molar-refractivity contribution in [3.05, 3.63) is 15.8 Å². The van der Waals surface area contributed by atoms with Gasteiger partial charge < -0.3 is 5.32 Å². The maximum atomic E-state index is 12.8. The number of nitrogens with one attached hydrogen (secondary N) is 1. The molecule has 1 aromatic heterocycles. The molecule has 21 heavy (non-hydrogen) atoms. The second kappa shape index (κ2) is 6.93. The topological polar surface area (TPSA) is 49.4 Å². The number of sulfonamides is 1. The number of thiophene rings is 1. The van der Waals surface area contributed by atoms with E-state index in [0.29, 0.717) is 23.9 Å². The van der Waals surface area contributed by atoms with Crippen LogP contribution in [0.15, 0.2) is 11.0 Å². The van der Waals surface area contributed by atoms with Gasteiger partial charge >= 0.3 is 0 Å². The molecule has 0 radical (unpaired) electrons. The number of aryl methyl sites for hydroxylation is 1. The quantitative estimate of drug-likeness (QED) is 0.745. The van der Waals surface area contributed by atoms with Gasteiger partial charge in [0.2, 0.25) is 10.0 Å². The van der Waals surface area contributed by atoms with Gasteiger partial charge in [-0.1, -0.05) is 12.8 Å².